The molecular formula is C13H18N6O2. The van der Waals surface area contributed by atoms with E-state index < -0.39 is 0 Å². The van der Waals surface area contributed by atoms with Gasteiger partial charge in [0.1, 0.15) is 5.76 Å². The molecule has 112 valence electrons. The fourth-order valence-corrected chi connectivity index (χ4v) is 2.52. The number of fused-ring (bicyclic) bond motifs is 1. The van der Waals surface area contributed by atoms with Crippen molar-refractivity contribution in [2.24, 2.45) is 7.05 Å². The molecule has 0 saturated carbocycles. The van der Waals surface area contributed by atoms with E-state index in [9.17, 15) is 4.79 Å². The number of urea groups is 1. The second-order valence-electron chi connectivity index (χ2n) is 5.36. The average molecular weight is 290 g/mol. The van der Waals surface area contributed by atoms with Gasteiger partial charge in [-0.25, -0.2) is 4.79 Å². The quantitative estimate of drug-likeness (QED) is 0.863. The highest BCUT2D eigenvalue weighted by atomic mass is 16.5. The number of rotatable bonds is 2. The number of carbonyl (C=O) groups is 1. The van der Waals surface area contributed by atoms with E-state index in [1.165, 1.54) is 0 Å². The zero-order valence-corrected chi connectivity index (χ0v) is 12.3. The van der Waals surface area contributed by atoms with Gasteiger partial charge < -0.3 is 9.84 Å². The highest BCUT2D eigenvalue weighted by Crippen LogP contribution is 2.19. The first-order valence-electron chi connectivity index (χ1n) is 6.92. The molecule has 1 aliphatic rings. The Morgan fingerprint density at radius 2 is 2.24 bits per heavy atom. The Hall–Kier alpha value is -2.38. The van der Waals surface area contributed by atoms with Crippen LogP contribution in [0.15, 0.2) is 4.52 Å². The fourth-order valence-electron chi connectivity index (χ4n) is 2.52. The number of nitrogens with zero attached hydrogens (tertiary/aromatic N) is 4. The van der Waals surface area contributed by atoms with Crippen LogP contribution in [-0.4, -0.2) is 32.2 Å². The standard InChI is InChI=1S/C13H18N6O2/c1-7-8(2)21-17-12(7)15-13(20)14-9-4-5-11-10(6-9)16-18-19(11)3/h9H,4-6H2,1-3H3,(H2,14,15,17,20). The maximum atomic E-state index is 12.0. The largest absolute Gasteiger partial charge is 0.359 e. The van der Waals surface area contributed by atoms with Crippen LogP contribution in [-0.2, 0) is 19.9 Å². The molecule has 2 N–H and O–H groups in total. The molecule has 1 aliphatic carbocycles. The lowest BCUT2D eigenvalue weighted by Crippen LogP contribution is -2.41. The van der Waals surface area contributed by atoms with Crippen LogP contribution in [0, 0.1) is 13.8 Å². The van der Waals surface area contributed by atoms with Gasteiger partial charge in [0.2, 0.25) is 0 Å². The van der Waals surface area contributed by atoms with Crippen LogP contribution in [0.2, 0.25) is 0 Å². The number of aryl methyl sites for hydroxylation is 2. The van der Waals surface area contributed by atoms with Crippen molar-refractivity contribution < 1.29 is 9.32 Å². The minimum atomic E-state index is -0.274. The predicted molar refractivity (Wildman–Crippen MR) is 74.9 cm³/mol. The van der Waals surface area contributed by atoms with E-state index in [0.717, 1.165) is 29.8 Å². The predicted octanol–water partition coefficient (Wildman–Crippen LogP) is 1.10. The molecule has 0 radical (unpaired) electrons. The van der Waals surface area contributed by atoms with Crippen LogP contribution >= 0.6 is 0 Å². The Bertz CT molecular complexity index is 674. The number of nitrogens with one attached hydrogen (secondary N) is 2. The third kappa shape index (κ3) is 2.61. The average Bonchev–Trinajstić information content (AvgIpc) is 2.96. The SMILES string of the molecule is Cc1onc(NC(=O)NC2CCc3c(nnn3C)C2)c1C. The van der Waals surface area contributed by atoms with E-state index in [1.54, 1.807) is 4.68 Å². The summed E-state index contributed by atoms with van der Waals surface area (Å²) in [6.45, 7) is 3.66. The zero-order chi connectivity index (χ0) is 15.0. The maximum Gasteiger partial charge on any atom is 0.320 e. The van der Waals surface area contributed by atoms with E-state index in [1.807, 2.05) is 20.9 Å². The van der Waals surface area contributed by atoms with Gasteiger partial charge >= 0.3 is 6.03 Å². The van der Waals surface area contributed by atoms with Crippen molar-refractivity contribution in [2.45, 2.75) is 39.2 Å². The number of aromatic nitrogens is 4. The molecule has 21 heavy (non-hydrogen) atoms. The maximum absolute atomic E-state index is 12.0. The lowest BCUT2D eigenvalue weighted by atomic mass is 9.96. The molecule has 2 amide bonds. The summed E-state index contributed by atoms with van der Waals surface area (Å²) in [5.74, 6) is 1.16. The van der Waals surface area contributed by atoms with Crippen molar-refractivity contribution in [3.63, 3.8) is 0 Å². The van der Waals surface area contributed by atoms with Gasteiger partial charge in [-0.3, -0.25) is 10.00 Å². The molecule has 3 rings (SSSR count). The summed E-state index contributed by atoms with van der Waals surface area (Å²) in [6.07, 6.45) is 2.44. The Kier molecular flexibility index (Phi) is 3.36. The summed E-state index contributed by atoms with van der Waals surface area (Å²) in [5, 5.41) is 17.6. The molecule has 0 fully saturated rings. The summed E-state index contributed by atoms with van der Waals surface area (Å²) in [4.78, 5) is 12.0. The van der Waals surface area contributed by atoms with Crippen LogP contribution in [0.5, 0.6) is 0 Å². The molecule has 2 aromatic rings. The first-order chi connectivity index (χ1) is 10.0. The molecular weight excluding hydrogens is 272 g/mol. The minimum absolute atomic E-state index is 0.0579. The Balaban J connectivity index is 1.60. The van der Waals surface area contributed by atoms with Gasteiger partial charge in [0.05, 0.1) is 11.4 Å². The highest BCUT2D eigenvalue weighted by Gasteiger charge is 2.24. The summed E-state index contributed by atoms with van der Waals surface area (Å²) < 4.78 is 6.82. The smallest absolute Gasteiger partial charge is 0.320 e. The second kappa shape index (κ2) is 5.19. The number of anilines is 1. The van der Waals surface area contributed by atoms with Crippen molar-refractivity contribution in [3.8, 4) is 0 Å². The van der Waals surface area contributed by atoms with Crippen LogP contribution < -0.4 is 10.6 Å². The number of hydrogen-bond donors (Lipinski definition) is 2. The topological polar surface area (TPSA) is 97.9 Å². The van der Waals surface area contributed by atoms with Gasteiger partial charge in [-0.05, 0) is 26.7 Å². The monoisotopic (exact) mass is 290 g/mol. The van der Waals surface area contributed by atoms with Crippen LogP contribution in [0.4, 0.5) is 10.6 Å². The Morgan fingerprint density at radius 3 is 2.95 bits per heavy atom. The number of carbonyl (C=O) groups excluding carboxylic acids is 1. The molecule has 2 aromatic heterocycles. The van der Waals surface area contributed by atoms with E-state index >= 15 is 0 Å². The molecule has 0 bridgehead atoms. The summed E-state index contributed by atoms with van der Waals surface area (Å²) in [6, 6.07) is -0.216. The van der Waals surface area contributed by atoms with Crippen molar-refractivity contribution in [2.75, 3.05) is 5.32 Å². The third-order valence-electron chi connectivity index (χ3n) is 3.92. The number of amides is 2. The summed E-state index contributed by atoms with van der Waals surface area (Å²) >= 11 is 0. The molecule has 0 aliphatic heterocycles. The van der Waals surface area contributed by atoms with Gasteiger partial charge in [0.25, 0.3) is 0 Å². The van der Waals surface area contributed by atoms with Gasteiger partial charge in [-0.2, -0.15) is 0 Å². The van der Waals surface area contributed by atoms with Crippen LogP contribution in [0.3, 0.4) is 0 Å². The molecule has 8 heteroatoms. The summed E-state index contributed by atoms with van der Waals surface area (Å²) in [5.41, 5.74) is 2.95. The third-order valence-corrected chi connectivity index (χ3v) is 3.92. The van der Waals surface area contributed by atoms with Crippen LogP contribution in [0.1, 0.15) is 29.1 Å². The van der Waals surface area contributed by atoms with Crippen molar-refractivity contribution in [1.82, 2.24) is 25.5 Å². The van der Waals surface area contributed by atoms with Crippen molar-refractivity contribution in [1.29, 1.82) is 0 Å². The molecule has 0 saturated heterocycles. The van der Waals surface area contributed by atoms with Gasteiger partial charge in [-0.15, -0.1) is 5.10 Å². The van der Waals surface area contributed by atoms with Gasteiger partial charge in [0, 0.05) is 25.1 Å². The Labute approximate surface area is 121 Å². The van der Waals surface area contributed by atoms with Crippen LogP contribution in [0.25, 0.3) is 0 Å². The molecule has 1 atom stereocenters. The van der Waals surface area contributed by atoms with E-state index in [4.69, 9.17) is 4.52 Å². The zero-order valence-electron chi connectivity index (χ0n) is 12.3. The van der Waals surface area contributed by atoms with E-state index in [0.29, 0.717) is 18.0 Å². The first kappa shape index (κ1) is 13.6. The van der Waals surface area contributed by atoms with Gasteiger partial charge in [-0.1, -0.05) is 10.4 Å². The Morgan fingerprint density at radius 1 is 1.43 bits per heavy atom. The number of hydrogen-bond acceptors (Lipinski definition) is 5. The molecule has 2 heterocycles. The lowest BCUT2D eigenvalue weighted by molar-refractivity contribution is 0.246. The lowest BCUT2D eigenvalue weighted by Gasteiger charge is -2.22. The van der Waals surface area contributed by atoms with Crippen molar-refractivity contribution in [3.05, 3.63) is 22.7 Å². The first-order valence-corrected chi connectivity index (χ1v) is 6.92. The van der Waals surface area contributed by atoms with Crippen molar-refractivity contribution >= 4 is 11.8 Å². The van der Waals surface area contributed by atoms with E-state index in [2.05, 4.69) is 26.1 Å². The fraction of sp³-hybridized carbons (Fsp3) is 0.538. The summed E-state index contributed by atoms with van der Waals surface area (Å²) in [7, 11) is 1.89. The minimum Gasteiger partial charge on any atom is -0.359 e. The molecule has 0 spiro atoms. The molecule has 0 aromatic carbocycles. The highest BCUT2D eigenvalue weighted by molar-refractivity contribution is 5.89. The van der Waals surface area contributed by atoms with E-state index in [-0.39, 0.29) is 12.1 Å². The van der Waals surface area contributed by atoms with Gasteiger partial charge in [0.15, 0.2) is 5.82 Å². The second-order valence-corrected chi connectivity index (χ2v) is 5.36. The molecule has 8 nitrogen and oxygen atoms in total. The molecule has 1 unspecified atom stereocenters. The normalized spacial score (nSPS) is 17.4.